The van der Waals surface area contributed by atoms with Crippen LogP contribution >= 0.6 is 11.6 Å². The molecular weight excluding hydrogens is 200 g/mol. The number of anilines is 1. The topological polar surface area (TPSA) is 41.1 Å². The summed E-state index contributed by atoms with van der Waals surface area (Å²) in [6.45, 7) is 1.55. The molecule has 4 heteroatoms. The Kier molecular flexibility index (Phi) is 2.70. The van der Waals surface area contributed by atoms with Gasteiger partial charge < -0.3 is 10.6 Å². The lowest BCUT2D eigenvalue weighted by Gasteiger charge is -2.25. The summed E-state index contributed by atoms with van der Waals surface area (Å²) < 4.78 is 0. The fraction of sp³-hybridized carbons (Fsp3) is 0.300. The van der Waals surface area contributed by atoms with Crippen molar-refractivity contribution in [3.05, 3.63) is 29.3 Å². The van der Waals surface area contributed by atoms with E-state index in [0.717, 1.165) is 18.8 Å². The van der Waals surface area contributed by atoms with Crippen LogP contribution in [-0.2, 0) is 4.79 Å². The van der Waals surface area contributed by atoms with E-state index in [-0.39, 0.29) is 11.8 Å². The van der Waals surface area contributed by atoms with Gasteiger partial charge in [-0.15, -0.1) is 0 Å². The zero-order valence-electron chi connectivity index (χ0n) is 7.59. The number of hydrogen-bond acceptors (Lipinski definition) is 2. The number of hydrogen-bond donors (Lipinski definition) is 2. The van der Waals surface area contributed by atoms with Crippen molar-refractivity contribution in [1.29, 1.82) is 0 Å². The molecule has 0 bridgehead atoms. The summed E-state index contributed by atoms with van der Waals surface area (Å²) in [5.41, 5.74) is 0.798. The zero-order valence-corrected chi connectivity index (χ0v) is 8.34. The quantitative estimate of drug-likeness (QED) is 0.777. The molecule has 1 aliphatic rings. The molecule has 74 valence electrons. The lowest BCUT2D eigenvalue weighted by Crippen LogP contribution is -2.48. The van der Waals surface area contributed by atoms with Crippen LogP contribution in [0, 0.1) is 5.92 Å². The van der Waals surface area contributed by atoms with Gasteiger partial charge in [0.15, 0.2) is 0 Å². The highest BCUT2D eigenvalue weighted by atomic mass is 35.5. The van der Waals surface area contributed by atoms with Crippen molar-refractivity contribution in [3.63, 3.8) is 0 Å². The number of rotatable bonds is 2. The van der Waals surface area contributed by atoms with E-state index in [1.54, 1.807) is 24.3 Å². The summed E-state index contributed by atoms with van der Waals surface area (Å²) in [6, 6.07) is 7.12. The highest BCUT2D eigenvalue weighted by Gasteiger charge is 2.24. The van der Waals surface area contributed by atoms with E-state index >= 15 is 0 Å². The molecule has 14 heavy (non-hydrogen) atoms. The largest absolute Gasteiger partial charge is 0.326 e. The van der Waals surface area contributed by atoms with E-state index in [2.05, 4.69) is 10.6 Å². The van der Waals surface area contributed by atoms with Gasteiger partial charge in [0, 0.05) is 23.8 Å². The lowest BCUT2D eigenvalue weighted by atomic mass is 10.0. The number of nitrogens with one attached hydrogen (secondary N) is 2. The summed E-state index contributed by atoms with van der Waals surface area (Å²) in [5, 5.41) is 6.56. The van der Waals surface area contributed by atoms with Crippen molar-refractivity contribution >= 4 is 23.2 Å². The molecule has 1 fully saturated rings. The Morgan fingerprint density at radius 1 is 1.36 bits per heavy atom. The van der Waals surface area contributed by atoms with Crippen molar-refractivity contribution in [1.82, 2.24) is 5.32 Å². The Balaban J connectivity index is 1.96. The molecule has 0 saturated carbocycles. The molecule has 0 unspecified atom stereocenters. The van der Waals surface area contributed by atoms with Crippen LogP contribution in [0.5, 0.6) is 0 Å². The Bertz CT molecular complexity index is 332. The molecule has 1 heterocycles. The van der Waals surface area contributed by atoms with Crippen LogP contribution in [0.25, 0.3) is 0 Å². The first-order valence-electron chi connectivity index (χ1n) is 4.53. The van der Waals surface area contributed by atoms with E-state index < -0.39 is 0 Å². The predicted octanol–water partition coefficient (Wildman–Crippen LogP) is 1.50. The van der Waals surface area contributed by atoms with Crippen LogP contribution in [0.4, 0.5) is 5.69 Å². The SMILES string of the molecule is O=C(Nc1ccc(Cl)cc1)C1CNC1. The standard InChI is InChI=1S/C10H11ClN2O/c11-8-1-3-9(4-2-8)13-10(14)7-5-12-6-7/h1-4,7,12H,5-6H2,(H,13,14). The minimum absolute atomic E-state index is 0.0751. The van der Waals surface area contributed by atoms with Crippen LogP contribution in [0.15, 0.2) is 24.3 Å². The normalized spacial score (nSPS) is 16.1. The number of halogens is 1. The Morgan fingerprint density at radius 2 is 2.00 bits per heavy atom. The molecule has 0 atom stereocenters. The molecule has 0 aromatic heterocycles. The third-order valence-electron chi connectivity index (χ3n) is 2.26. The van der Waals surface area contributed by atoms with Crippen LogP contribution in [0.1, 0.15) is 0 Å². The van der Waals surface area contributed by atoms with Gasteiger partial charge in [-0.3, -0.25) is 4.79 Å². The molecule has 1 aromatic carbocycles. The number of carbonyl (C=O) groups excluding carboxylic acids is 1. The van der Waals surface area contributed by atoms with E-state index in [1.807, 2.05) is 0 Å². The average molecular weight is 211 g/mol. The van der Waals surface area contributed by atoms with Gasteiger partial charge in [0.2, 0.25) is 5.91 Å². The van der Waals surface area contributed by atoms with Gasteiger partial charge in [0.05, 0.1) is 5.92 Å². The molecule has 1 amide bonds. The van der Waals surface area contributed by atoms with E-state index in [4.69, 9.17) is 11.6 Å². The van der Waals surface area contributed by atoms with Gasteiger partial charge in [0.25, 0.3) is 0 Å². The first-order valence-corrected chi connectivity index (χ1v) is 4.90. The predicted molar refractivity (Wildman–Crippen MR) is 56.4 cm³/mol. The average Bonchev–Trinajstić information content (AvgIpc) is 2.06. The maximum absolute atomic E-state index is 11.5. The van der Waals surface area contributed by atoms with E-state index in [1.165, 1.54) is 0 Å². The number of amides is 1. The maximum Gasteiger partial charge on any atom is 0.230 e. The number of carbonyl (C=O) groups is 1. The maximum atomic E-state index is 11.5. The van der Waals surface area contributed by atoms with Crippen LogP contribution < -0.4 is 10.6 Å². The summed E-state index contributed by atoms with van der Waals surface area (Å²) in [7, 11) is 0. The summed E-state index contributed by atoms with van der Waals surface area (Å²) in [4.78, 5) is 11.5. The molecule has 1 saturated heterocycles. The lowest BCUT2D eigenvalue weighted by molar-refractivity contribution is -0.121. The van der Waals surface area contributed by atoms with Crippen LogP contribution in [0.3, 0.4) is 0 Å². The third-order valence-corrected chi connectivity index (χ3v) is 2.52. The van der Waals surface area contributed by atoms with Crippen LogP contribution in [0.2, 0.25) is 5.02 Å². The monoisotopic (exact) mass is 210 g/mol. The Labute approximate surface area is 87.4 Å². The Hall–Kier alpha value is -1.06. The van der Waals surface area contributed by atoms with Crippen molar-refractivity contribution in [2.45, 2.75) is 0 Å². The second kappa shape index (κ2) is 3.98. The smallest absolute Gasteiger partial charge is 0.230 e. The van der Waals surface area contributed by atoms with Gasteiger partial charge in [-0.1, -0.05) is 11.6 Å². The molecule has 2 N–H and O–H groups in total. The first kappa shape index (κ1) is 9.49. The highest BCUT2D eigenvalue weighted by molar-refractivity contribution is 6.30. The fourth-order valence-electron chi connectivity index (χ4n) is 1.25. The second-order valence-electron chi connectivity index (χ2n) is 3.35. The molecule has 0 aliphatic carbocycles. The van der Waals surface area contributed by atoms with Crippen molar-refractivity contribution in [3.8, 4) is 0 Å². The molecule has 2 rings (SSSR count). The van der Waals surface area contributed by atoms with Crippen LogP contribution in [-0.4, -0.2) is 19.0 Å². The first-order chi connectivity index (χ1) is 6.75. The molecule has 3 nitrogen and oxygen atoms in total. The van der Waals surface area contributed by atoms with Gasteiger partial charge >= 0.3 is 0 Å². The molecule has 1 aliphatic heterocycles. The summed E-state index contributed by atoms with van der Waals surface area (Å²) in [6.07, 6.45) is 0. The van der Waals surface area contributed by atoms with Crippen molar-refractivity contribution < 1.29 is 4.79 Å². The van der Waals surface area contributed by atoms with Crippen molar-refractivity contribution in [2.24, 2.45) is 5.92 Å². The minimum atomic E-state index is 0.0751. The molecular formula is C10H11ClN2O. The van der Waals surface area contributed by atoms with Gasteiger partial charge in [-0.25, -0.2) is 0 Å². The Morgan fingerprint density at radius 3 is 2.50 bits per heavy atom. The minimum Gasteiger partial charge on any atom is -0.326 e. The summed E-state index contributed by atoms with van der Waals surface area (Å²) in [5.74, 6) is 0.191. The second-order valence-corrected chi connectivity index (χ2v) is 3.79. The third kappa shape index (κ3) is 2.05. The fourth-order valence-corrected chi connectivity index (χ4v) is 1.38. The van der Waals surface area contributed by atoms with Crippen molar-refractivity contribution in [2.75, 3.05) is 18.4 Å². The molecule has 0 radical (unpaired) electrons. The highest BCUT2D eigenvalue weighted by Crippen LogP contribution is 2.15. The van der Waals surface area contributed by atoms with Gasteiger partial charge in [-0.05, 0) is 24.3 Å². The van der Waals surface area contributed by atoms with Gasteiger partial charge in [0.1, 0.15) is 0 Å². The molecule has 0 spiro atoms. The van der Waals surface area contributed by atoms with Gasteiger partial charge in [-0.2, -0.15) is 0 Å². The van der Waals surface area contributed by atoms with E-state index in [0.29, 0.717) is 5.02 Å². The zero-order chi connectivity index (χ0) is 9.97. The van der Waals surface area contributed by atoms with E-state index in [9.17, 15) is 4.79 Å². The summed E-state index contributed by atoms with van der Waals surface area (Å²) >= 11 is 5.73. The number of benzene rings is 1. The molecule has 1 aromatic rings.